The van der Waals surface area contributed by atoms with Crippen LogP contribution in [0.1, 0.15) is 24.8 Å². The van der Waals surface area contributed by atoms with E-state index < -0.39 is 5.82 Å². The highest BCUT2D eigenvalue weighted by molar-refractivity contribution is 5.58. The van der Waals surface area contributed by atoms with Crippen LogP contribution in [0.25, 0.3) is 0 Å². The lowest BCUT2D eigenvalue weighted by Crippen LogP contribution is -2.27. The summed E-state index contributed by atoms with van der Waals surface area (Å²) in [6.45, 7) is 0. The second-order valence-corrected chi connectivity index (χ2v) is 3.55. The average Bonchev–Trinajstić information content (AvgIpc) is 2.11. The molecule has 0 heterocycles. The smallest absolute Gasteiger partial charge is 0.143 e. The highest BCUT2D eigenvalue weighted by atomic mass is 19.1. The molecule has 1 N–H and O–H groups in total. The van der Waals surface area contributed by atoms with Crippen LogP contribution in [-0.2, 0) is 0 Å². The molecule has 1 aliphatic rings. The van der Waals surface area contributed by atoms with Crippen LogP contribution in [0.3, 0.4) is 0 Å². The molecule has 72 valence electrons. The quantitative estimate of drug-likeness (QED) is 0.778. The summed E-state index contributed by atoms with van der Waals surface area (Å²) in [7, 11) is 0. The summed E-state index contributed by atoms with van der Waals surface area (Å²) >= 11 is 0. The number of nitrogens with one attached hydrogen (secondary N) is 1. The molecule has 0 aromatic heterocycles. The van der Waals surface area contributed by atoms with Crippen LogP contribution in [0.5, 0.6) is 0 Å². The van der Waals surface area contributed by atoms with Crippen molar-refractivity contribution >= 4 is 5.69 Å². The second kappa shape index (κ2) is 3.67. The second-order valence-electron chi connectivity index (χ2n) is 3.55. The average molecular weight is 190 g/mol. The Morgan fingerprint density at radius 1 is 1.43 bits per heavy atom. The van der Waals surface area contributed by atoms with Gasteiger partial charge in [0, 0.05) is 6.04 Å². The Hall–Kier alpha value is -1.56. The third-order valence-corrected chi connectivity index (χ3v) is 2.59. The minimum atomic E-state index is -0.447. The van der Waals surface area contributed by atoms with Gasteiger partial charge in [0.25, 0.3) is 0 Å². The first-order valence-corrected chi connectivity index (χ1v) is 4.76. The van der Waals surface area contributed by atoms with Crippen molar-refractivity contribution < 1.29 is 4.39 Å². The first kappa shape index (κ1) is 9.01. The van der Waals surface area contributed by atoms with E-state index in [0.29, 0.717) is 11.7 Å². The summed E-state index contributed by atoms with van der Waals surface area (Å²) in [5.74, 6) is -0.447. The number of rotatable bonds is 2. The van der Waals surface area contributed by atoms with Crippen molar-refractivity contribution in [3.05, 3.63) is 29.6 Å². The third-order valence-electron chi connectivity index (χ3n) is 2.59. The summed E-state index contributed by atoms with van der Waals surface area (Å²) < 4.78 is 13.2. The SMILES string of the molecule is N#Cc1c(F)cccc1NC1CCC1. The van der Waals surface area contributed by atoms with Gasteiger partial charge in [-0.15, -0.1) is 0 Å². The lowest BCUT2D eigenvalue weighted by molar-refractivity contribution is 0.445. The minimum absolute atomic E-state index is 0.124. The van der Waals surface area contributed by atoms with Crippen molar-refractivity contribution in [2.24, 2.45) is 0 Å². The number of nitriles is 1. The first-order chi connectivity index (χ1) is 6.81. The molecule has 0 unspecified atom stereocenters. The fourth-order valence-corrected chi connectivity index (χ4v) is 1.53. The van der Waals surface area contributed by atoms with Gasteiger partial charge < -0.3 is 5.32 Å². The first-order valence-electron chi connectivity index (χ1n) is 4.76. The standard InChI is InChI=1S/C11H11FN2/c12-10-5-2-6-11(9(10)7-13)14-8-3-1-4-8/h2,5-6,8,14H,1,3-4H2. The lowest BCUT2D eigenvalue weighted by atomic mass is 9.92. The number of halogens is 1. The minimum Gasteiger partial charge on any atom is -0.381 e. The molecule has 1 aromatic rings. The Labute approximate surface area is 82.4 Å². The van der Waals surface area contributed by atoms with E-state index in [9.17, 15) is 4.39 Å². The molecule has 0 atom stereocenters. The number of nitrogens with zero attached hydrogens (tertiary/aromatic N) is 1. The van der Waals surface area contributed by atoms with Crippen LogP contribution in [0.2, 0.25) is 0 Å². The van der Waals surface area contributed by atoms with Crippen molar-refractivity contribution in [1.82, 2.24) is 0 Å². The molecule has 3 heteroatoms. The predicted molar refractivity (Wildman–Crippen MR) is 52.4 cm³/mol. The Bertz CT molecular complexity index is 377. The van der Waals surface area contributed by atoms with E-state index in [4.69, 9.17) is 5.26 Å². The lowest BCUT2D eigenvalue weighted by Gasteiger charge is -2.27. The van der Waals surface area contributed by atoms with E-state index in [-0.39, 0.29) is 5.56 Å². The van der Waals surface area contributed by atoms with Gasteiger partial charge in [-0.1, -0.05) is 6.07 Å². The Kier molecular flexibility index (Phi) is 2.36. The third kappa shape index (κ3) is 1.56. The predicted octanol–water partition coefficient (Wildman–Crippen LogP) is 2.66. The zero-order chi connectivity index (χ0) is 9.97. The van der Waals surface area contributed by atoms with Crippen molar-refractivity contribution in [3.63, 3.8) is 0 Å². The molecule has 1 saturated carbocycles. The van der Waals surface area contributed by atoms with Gasteiger partial charge >= 0.3 is 0 Å². The Morgan fingerprint density at radius 3 is 2.79 bits per heavy atom. The van der Waals surface area contributed by atoms with Gasteiger partial charge in [-0.3, -0.25) is 0 Å². The van der Waals surface area contributed by atoms with E-state index >= 15 is 0 Å². The number of anilines is 1. The number of benzene rings is 1. The van der Waals surface area contributed by atoms with E-state index in [2.05, 4.69) is 5.32 Å². The van der Waals surface area contributed by atoms with Crippen molar-refractivity contribution in [1.29, 1.82) is 5.26 Å². The van der Waals surface area contributed by atoms with Crippen LogP contribution in [-0.4, -0.2) is 6.04 Å². The Morgan fingerprint density at radius 2 is 2.21 bits per heavy atom. The molecule has 0 bridgehead atoms. The molecule has 14 heavy (non-hydrogen) atoms. The molecule has 1 fully saturated rings. The normalized spacial score (nSPS) is 15.7. The van der Waals surface area contributed by atoms with Gasteiger partial charge in [-0.25, -0.2) is 4.39 Å². The van der Waals surface area contributed by atoms with Gasteiger partial charge in [-0.05, 0) is 31.4 Å². The molecular formula is C11H11FN2. The van der Waals surface area contributed by atoms with Gasteiger partial charge in [0.2, 0.25) is 0 Å². The van der Waals surface area contributed by atoms with Crippen molar-refractivity contribution in [2.45, 2.75) is 25.3 Å². The fraction of sp³-hybridized carbons (Fsp3) is 0.364. The summed E-state index contributed by atoms with van der Waals surface area (Å²) in [6, 6.07) is 6.98. The van der Waals surface area contributed by atoms with Crippen LogP contribution in [0.4, 0.5) is 10.1 Å². The van der Waals surface area contributed by atoms with Gasteiger partial charge in [0.15, 0.2) is 0 Å². The molecule has 2 nitrogen and oxygen atoms in total. The van der Waals surface area contributed by atoms with Gasteiger partial charge in [0.1, 0.15) is 17.4 Å². The van der Waals surface area contributed by atoms with E-state index in [0.717, 1.165) is 12.8 Å². The van der Waals surface area contributed by atoms with E-state index in [1.807, 2.05) is 6.07 Å². The summed E-state index contributed by atoms with van der Waals surface area (Å²) in [6.07, 6.45) is 3.44. The fourth-order valence-electron chi connectivity index (χ4n) is 1.53. The molecule has 1 aromatic carbocycles. The van der Waals surface area contributed by atoms with Crippen molar-refractivity contribution in [3.8, 4) is 6.07 Å². The van der Waals surface area contributed by atoms with Crippen LogP contribution < -0.4 is 5.32 Å². The highest BCUT2D eigenvalue weighted by Crippen LogP contribution is 2.25. The zero-order valence-electron chi connectivity index (χ0n) is 7.76. The maximum absolute atomic E-state index is 13.2. The molecule has 0 spiro atoms. The molecule has 1 aliphatic carbocycles. The molecule has 0 aliphatic heterocycles. The molecule has 0 saturated heterocycles. The van der Waals surface area contributed by atoms with Crippen LogP contribution in [0.15, 0.2) is 18.2 Å². The van der Waals surface area contributed by atoms with Gasteiger partial charge in [-0.2, -0.15) is 5.26 Å². The molecule has 0 radical (unpaired) electrons. The van der Waals surface area contributed by atoms with Crippen molar-refractivity contribution in [2.75, 3.05) is 5.32 Å². The maximum atomic E-state index is 13.2. The largest absolute Gasteiger partial charge is 0.381 e. The molecule has 0 amide bonds. The van der Waals surface area contributed by atoms with E-state index in [1.54, 1.807) is 12.1 Å². The van der Waals surface area contributed by atoms with Crippen LogP contribution in [0, 0.1) is 17.1 Å². The zero-order valence-corrected chi connectivity index (χ0v) is 7.76. The van der Waals surface area contributed by atoms with Crippen LogP contribution >= 0.6 is 0 Å². The topological polar surface area (TPSA) is 35.8 Å². The number of hydrogen-bond donors (Lipinski definition) is 1. The summed E-state index contributed by atoms with van der Waals surface area (Å²) in [4.78, 5) is 0. The molecular weight excluding hydrogens is 179 g/mol. The monoisotopic (exact) mass is 190 g/mol. The van der Waals surface area contributed by atoms with Gasteiger partial charge in [0.05, 0.1) is 5.69 Å². The van der Waals surface area contributed by atoms with E-state index in [1.165, 1.54) is 12.5 Å². The summed E-state index contributed by atoms with van der Waals surface area (Å²) in [5, 5.41) is 11.9. The molecule has 2 rings (SSSR count). The number of hydrogen-bond acceptors (Lipinski definition) is 2. The Balaban J connectivity index is 2.23. The highest BCUT2D eigenvalue weighted by Gasteiger charge is 2.18. The maximum Gasteiger partial charge on any atom is 0.143 e. The summed E-state index contributed by atoms with van der Waals surface area (Å²) in [5.41, 5.74) is 0.747.